The first-order valence-corrected chi connectivity index (χ1v) is 6.48. The summed E-state index contributed by atoms with van der Waals surface area (Å²) < 4.78 is 0. The molecule has 0 radical (unpaired) electrons. The lowest BCUT2D eigenvalue weighted by Crippen LogP contribution is -2.40. The molecule has 100 valence electrons. The van der Waals surface area contributed by atoms with Gasteiger partial charge in [0, 0.05) is 18.7 Å². The van der Waals surface area contributed by atoms with Crippen LogP contribution in [0.1, 0.15) is 18.4 Å². The van der Waals surface area contributed by atoms with Crippen LogP contribution in [0.2, 0.25) is 0 Å². The number of nitrogens with one attached hydrogen (secondary N) is 1. The Morgan fingerprint density at radius 3 is 2.95 bits per heavy atom. The predicted molar refractivity (Wildman–Crippen MR) is 74.9 cm³/mol. The van der Waals surface area contributed by atoms with Crippen LogP contribution >= 0.6 is 0 Å². The highest BCUT2D eigenvalue weighted by atomic mass is 16.2. The number of carbonyl (C=O) groups excluding carboxylic acids is 2. The number of fused-ring (bicyclic) bond motifs is 1. The van der Waals surface area contributed by atoms with Crippen LogP contribution in [0.3, 0.4) is 0 Å². The Balaban J connectivity index is 2.19. The molecular formula is C15H18N2O2. The van der Waals surface area contributed by atoms with Crippen molar-refractivity contribution in [3.8, 4) is 0 Å². The number of amides is 2. The molecule has 0 bridgehead atoms. The van der Waals surface area contributed by atoms with Crippen LogP contribution in [-0.2, 0) is 16.0 Å². The van der Waals surface area contributed by atoms with Crippen molar-refractivity contribution >= 4 is 17.5 Å². The number of benzene rings is 1. The number of hydrogen-bond donors (Lipinski definition) is 1. The van der Waals surface area contributed by atoms with E-state index in [1.54, 1.807) is 11.0 Å². The second-order valence-corrected chi connectivity index (χ2v) is 4.55. The molecule has 1 aromatic rings. The molecule has 1 N–H and O–H groups in total. The highest BCUT2D eigenvalue weighted by Gasteiger charge is 2.23. The molecule has 0 aromatic heterocycles. The van der Waals surface area contributed by atoms with Crippen LogP contribution in [0.4, 0.5) is 5.69 Å². The Bertz CT molecular complexity index is 497. The molecule has 2 rings (SSSR count). The summed E-state index contributed by atoms with van der Waals surface area (Å²) in [4.78, 5) is 25.5. The topological polar surface area (TPSA) is 49.4 Å². The number of aryl methyl sites for hydroxylation is 1. The molecule has 0 aliphatic carbocycles. The Labute approximate surface area is 113 Å². The van der Waals surface area contributed by atoms with Crippen LogP contribution in [0.5, 0.6) is 0 Å². The first-order valence-electron chi connectivity index (χ1n) is 6.48. The zero-order valence-electron chi connectivity index (χ0n) is 10.9. The highest BCUT2D eigenvalue weighted by molar-refractivity contribution is 5.99. The lowest BCUT2D eigenvalue weighted by atomic mass is 10.1. The molecule has 4 nitrogen and oxygen atoms in total. The Morgan fingerprint density at radius 1 is 1.37 bits per heavy atom. The summed E-state index contributed by atoms with van der Waals surface area (Å²) >= 11 is 0. The number of hydrogen-bond acceptors (Lipinski definition) is 2. The minimum absolute atomic E-state index is 0.0127. The van der Waals surface area contributed by atoms with Crippen LogP contribution < -0.4 is 10.2 Å². The summed E-state index contributed by atoms with van der Waals surface area (Å²) in [6, 6.07) is 7.78. The van der Waals surface area contributed by atoms with Gasteiger partial charge in [0.15, 0.2) is 0 Å². The second-order valence-electron chi connectivity index (χ2n) is 4.55. The van der Waals surface area contributed by atoms with Gasteiger partial charge in [-0.05, 0) is 24.5 Å². The first-order chi connectivity index (χ1) is 9.22. The zero-order valence-corrected chi connectivity index (χ0v) is 10.9. The van der Waals surface area contributed by atoms with Crippen molar-refractivity contribution in [3.63, 3.8) is 0 Å². The van der Waals surface area contributed by atoms with Crippen molar-refractivity contribution in [1.82, 2.24) is 5.32 Å². The Hall–Kier alpha value is -2.10. The van der Waals surface area contributed by atoms with Gasteiger partial charge < -0.3 is 10.2 Å². The molecule has 1 aliphatic rings. The molecule has 1 heterocycles. The van der Waals surface area contributed by atoms with Gasteiger partial charge in [-0.25, -0.2) is 0 Å². The Morgan fingerprint density at radius 2 is 2.16 bits per heavy atom. The SMILES string of the molecule is C=CCNC(=O)CN1C(=O)CCCc2ccccc21. The van der Waals surface area contributed by atoms with Crippen molar-refractivity contribution in [3.05, 3.63) is 42.5 Å². The van der Waals surface area contributed by atoms with Gasteiger partial charge in [-0.1, -0.05) is 24.3 Å². The number of carbonyl (C=O) groups is 2. The van der Waals surface area contributed by atoms with Gasteiger partial charge >= 0.3 is 0 Å². The fourth-order valence-corrected chi connectivity index (χ4v) is 2.24. The van der Waals surface area contributed by atoms with E-state index in [4.69, 9.17) is 0 Å². The van der Waals surface area contributed by atoms with Crippen molar-refractivity contribution in [2.75, 3.05) is 18.0 Å². The third kappa shape index (κ3) is 3.22. The molecule has 0 saturated heterocycles. The molecule has 19 heavy (non-hydrogen) atoms. The maximum absolute atomic E-state index is 12.1. The molecule has 0 fully saturated rings. The van der Waals surface area contributed by atoms with Gasteiger partial charge in [-0.3, -0.25) is 9.59 Å². The van der Waals surface area contributed by atoms with E-state index in [0.29, 0.717) is 13.0 Å². The lowest BCUT2D eigenvalue weighted by Gasteiger charge is -2.22. The van der Waals surface area contributed by atoms with Gasteiger partial charge in [0.25, 0.3) is 0 Å². The summed E-state index contributed by atoms with van der Waals surface area (Å²) in [6.07, 6.45) is 3.83. The van der Waals surface area contributed by atoms with E-state index in [-0.39, 0.29) is 18.4 Å². The average Bonchev–Trinajstić information content (AvgIpc) is 2.57. The summed E-state index contributed by atoms with van der Waals surface area (Å²) in [5.74, 6) is -0.149. The highest BCUT2D eigenvalue weighted by Crippen LogP contribution is 2.26. The minimum Gasteiger partial charge on any atom is -0.351 e. The largest absolute Gasteiger partial charge is 0.351 e. The van der Waals surface area contributed by atoms with Gasteiger partial charge in [0.2, 0.25) is 11.8 Å². The van der Waals surface area contributed by atoms with E-state index in [9.17, 15) is 9.59 Å². The van der Waals surface area contributed by atoms with Gasteiger partial charge in [-0.15, -0.1) is 6.58 Å². The minimum atomic E-state index is -0.162. The molecule has 2 amide bonds. The molecule has 1 aromatic carbocycles. The maximum atomic E-state index is 12.1. The van der Waals surface area contributed by atoms with Crippen LogP contribution in [0.15, 0.2) is 36.9 Å². The van der Waals surface area contributed by atoms with E-state index in [2.05, 4.69) is 11.9 Å². The van der Waals surface area contributed by atoms with Gasteiger partial charge in [-0.2, -0.15) is 0 Å². The van der Waals surface area contributed by atoms with Gasteiger partial charge in [0.1, 0.15) is 6.54 Å². The summed E-state index contributed by atoms with van der Waals surface area (Å²) in [5.41, 5.74) is 1.99. The predicted octanol–water partition coefficient (Wildman–Crippen LogP) is 1.66. The van der Waals surface area contributed by atoms with E-state index in [1.165, 1.54) is 0 Å². The number of anilines is 1. The summed E-state index contributed by atoms with van der Waals surface area (Å²) in [7, 11) is 0. The summed E-state index contributed by atoms with van der Waals surface area (Å²) in [5, 5.41) is 2.70. The van der Waals surface area contributed by atoms with E-state index >= 15 is 0 Å². The molecule has 4 heteroatoms. The lowest BCUT2D eigenvalue weighted by molar-refractivity contribution is -0.123. The first kappa shape index (κ1) is 13.3. The van der Waals surface area contributed by atoms with E-state index < -0.39 is 0 Å². The quantitative estimate of drug-likeness (QED) is 0.835. The van der Waals surface area contributed by atoms with Crippen molar-refractivity contribution < 1.29 is 9.59 Å². The molecule has 1 aliphatic heterocycles. The monoisotopic (exact) mass is 258 g/mol. The third-order valence-electron chi connectivity index (χ3n) is 3.17. The molecule has 0 atom stereocenters. The van der Waals surface area contributed by atoms with Crippen molar-refractivity contribution in [2.45, 2.75) is 19.3 Å². The van der Waals surface area contributed by atoms with Gasteiger partial charge in [0.05, 0.1) is 0 Å². The molecule has 0 spiro atoms. The second kappa shape index (κ2) is 6.18. The van der Waals surface area contributed by atoms with Crippen molar-refractivity contribution in [2.24, 2.45) is 0 Å². The molecular weight excluding hydrogens is 240 g/mol. The fraction of sp³-hybridized carbons (Fsp3) is 0.333. The van der Waals surface area contributed by atoms with E-state index in [1.807, 2.05) is 24.3 Å². The number of para-hydroxylation sites is 1. The smallest absolute Gasteiger partial charge is 0.240 e. The Kier molecular flexibility index (Phi) is 4.34. The number of nitrogens with zero attached hydrogens (tertiary/aromatic N) is 1. The normalized spacial score (nSPS) is 14.5. The van der Waals surface area contributed by atoms with Crippen molar-refractivity contribution in [1.29, 1.82) is 0 Å². The summed E-state index contributed by atoms with van der Waals surface area (Å²) in [6.45, 7) is 4.04. The van der Waals surface area contributed by atoms with E-state index in [0.717, 1.165) is 24.1 Å². The van der Waals surface area contributed by atoms with Crippen LogP contribution in [0, 0.1) is 0 Å². The zero-order chi connectivity index (χ0) is 13.7. The van der Waals surface area contributed by atoms with Crippen LogP contribution in [-0.4, -0.2) is 24.9 Å². The third-order valence-corrected chi connectivity index (χ3v) is 3.17. The molecule has 0 unspecified atom stereocenters. The fourth-order valence-electron chi connectivity index (χ4n) is 2.24. The number of rotatable bonds is 4. The molecule has 0 saturated carbocycles. The maximum Gasteiger partial charge on any atom is 0.240 e. The standard InChI is InChI=1S/C15H18N2O2/c1-2-10-16-14(18)11-17-13-8-4-3-6-12(13)7-5-9-15(17)19/h2-4,6,8H,1,5,7,9-11H2,(H,16,18). The van der Waals surface area contributed by atoms with Crippen LogP contribution in [0.25, 0.3) is 0 Å². The average molecular weight is 258 g/mol.